The zero-order chi connectivity index (χ0) is 12.0. The number of hydrogen-bond donors (Lipinski definition) is 1. The first-order valence-electron chi connectivity index (χ1n) is 5.38. The van der Waals surface area contributed by atoms with Gasteiger partial charge in [0.25, 0.3) is 0 Å². The lowest BCUT2D eigenvalue weighted by atomic mass is 10.2. The highest BCUT2D eigenvalue weighted by atomic mass is 32.2. The van der Waals surface area contributed by atoms with E-state index in [9.17, 15) is 8.78 Å². The molecule has 1 rings (SSSR count). The molecule has 1 aromatic rings. The number of nitrogens with one attached hydrogen (secondary N) is 1. The molecule has 0 radical (unpaired) electrons. The van der Waals surface area contributed by atoms with Gasteiger partial charge in [-0.2, -0.15) is 11.8 Å². The van der Waals surface area contributed by atoms with E-state index < -0.39 is 11.6 Å². The van der Waals surface area contributed by atoms with Gasteiger partial charge < -0.3 is 5.32 Å². The van der Waals surface area contributed by atoms with E-state index in [-0.39, 0.29) is 0 Å². The van der Waals surface area contributed by atoms with E-state index in [1.807, 2.05) is 11.8 Å². The molecule has 0 fully saturated rings. The van der Waals surface area contributed by atoms with Gasteiger partial charge in [0.15, 0.2) is 0 Å². The van der Waals surface area contributed by atoms with Crippen LogP contribution in [0.3, 0.4) is 0 Å². The van der Waals surface area contributed by atoms with E-state index >= 15 is 0 Å². The summed E-state index contributed by atoms with van der Waals surface area (Å²) in [5, 5.41) is 3.21. The van der Waals surface area contributed by atoms with Crippen molar-refractivity contribution in [1.29, 1.82) is 0 Å². The van der Waals surface area contributed by atoms with E-state index in [4.69, 9.17) is 0 Å². The van der Waals surface area contributed by atoms with Crippen molar-refractivity contribution < 1.29 is 8.78 Å². The lowest BCUT2D eigenvalue weighted by molar-refractivity contribution is 0.542. The molecule has 16 heavy (non-hydrogen) atoms. The fraction of sp³-hybridized carbons (Fsp3) is 0.500. The molecule has 1 aromatic carbocycles. The van der Waals surface area contributed by atoms with Crippen molar-refractivity contribution in [3.05, 3.63) is 35.4 Å². The minimum absolute atomic E-state index is 0.328. The van der Waals surface area contributed by atoms with Crippen molar-refractivity contribution >= 4 is 11.8 Å². The average molecular weight is 245 g/mol. The van der Waals surface area contributed by atoms with E-state index in [2.05, 4.69) is 19.2 Å². The maximum atomic E-state index is 13.3. The first-order valence-corrected chi connectivity index (χ1v) is 6.54. The smallest absolute Gasteiger partial charge is 0.130 e. The maximum Gasteiger partial charge on any atom is 0.130 e. The zero-order valence-electron chi connectivity index (χ0n) is 9.59. The highest BCUT2D eigenvalue weighted by Crippen LogP contribution is 2.10. The maximum absolute atomic E-state index is 13.3. The Bertz CT molecular complexity index is 331. The van der Waals surface area contributed by atoms with Crippen LogP contribution >= 0.6 is 11.8 Å². The summed E-state index contributed by atoms with van der Waals surface area (Å²) in [7, 11) is 0. The summed E-state index contributed by atoms with van der Waals surface area (Å²) in [5.41, 5.74) is 0.509. The van der Waals surface area contributed by atoms with Gasteiger partial charge in [0, 0.05) is 30.0 Å². The first-order chi connectivity index (χ1) is 7.63. The molecule has 1 atom stereocenters. The largest absolute Gasteiger partial charge is 0.309 e. The molecule has 0 saturated carbocycles. The monoisotopic (exact) mass is 245 g/mol. The second-order valence-corrected chi connectivity index (χ2v) is 5.00. The van der Waals surface area contributed by atoms with Crippen LogP contribution in [0.25, 0.3) is 0 Å². The van der Waals surface area contributed by atoms with Gasteiger partial charge in [-0.3, -0.25) is 0 Å². The van der Waals surface area contributed by atoms with Crippen LogP contribution in [0.5, 0.6) is 0 Å². The molecule has 0 saturated heterocycles. The van der Waals surface area contributed by atoms with Crippen molar-refractivity contribution in [1.82, 2.24) is 5.32 Å². The summed E-state index contributed by atoms with van der Waals surface area (Å²) < 4.78 is 25.9. The van der Waals surface area contributed by atoms with Crippen molar-refractivity contribution in [2.24, 2.45) is 0 Å². The number of benzene rings is 1. The van der Waals surface area contributed by atoms with Crippen molar-refractivity contribution in [2.75, 3.05) is 11.5 Å². The standard InChI is InChI=1S/C12H17F2NS/c1-3-16-8-9(2)15-7-10-4-5-11(13)6-12(10)14/h4-6,9,15H,3,7-8H2,1-2H3. The summed E-state index contributed by atoms with van der Waals surface area (Å²) >= 11 is 1.84. The molecule has 0 aliphatic heterocycles. The molecule has 0 heterocycles. The Hall–Kier alpha value is -0.610. The van der Waals surface area contributed by atoms with Crippen LogP contribution in [0.1, 0.15) is 19.4 Å². The Morgan fingerprint density at radius 3 is 2.75 bits per heavy atom. The van der Waals surface area contributed by atoms with Gasteiger partial charge in [-0.25, -0.2) is 8.78 Å². The fourth-order valence-corrected chi connectivity index (χ4v) is 2.01. The van der Waals surface area contributed by atoms with Gasteiger partial charge in [0.2, 0.25) is 0 Å². The van der Waals surface area contributed by atoms with Gasteiger partial charge in [-0.05, 0) is 18.7 Å². The molecule has 0 spiro atoms. The molecule has 1 nitrogen and oxygen atoms in total. The van der Waals surface area contributed by atoms with E-state index in [0.29, 0.717) is 18.2 Å². The Morgan fingerprint density at radius 2 is 2.12 bits per heavy atom. The minimum atomic E-state index is -0.532. The van der Waals surface area contributed by atoms with E-state index in [0.717, 1.165) is 17.6 Å². The third kappa shape index (κ3) is 4.49. The molecule has 0 bridgehead atoms. The quantitative estimate of drug-likeness (QED) is 0.826. The lowest BCUT2D eigenvalue weighted by Crippen LogP contribution is -2.28. The Morgan fingerprint density at radius 1 is 1.38 bits per heavy atom. The van der Waals surface area contributed by atoms with Crippen LogP contribution in [0.4, 0.5) is 8.78 Å². The van der Waals surface area contributed by atoms with Crippen molar-refractivity contribution in [3.63, 3.8) is 0 Å². The highest BCUT2D eigenvalue weighted by Gasteiger charge is 2.05. The Labute approximate surface area is 99.6 Å². The predicted octanol–water partition coefficient (Wildman–Crippen LogP) is 3.20. The molecule has 0 aromatic heterocycles. The van der Waals surface area contributed by atoms with Gasteiger partial charge in [-0.1, -0.05) is 13.0 Å². The van der Waals surface area contributed by atoms with Gasteiger partial charge in [-0.15, -0.1) is 0 Å². The van der Waals surface area contributed by atoms with Crippen LogP contribution in [-0.2, 0) is 6.54 Å². The minimum Gasteiger partial charge on any atom is -0.309 e. The molecule has 4 heteroatoms. The second kappa shape index (κ2) is 6.86. The van der Waals surface area contributed by atoms with Crippen LogP contribution in [0.15, 0.2) is 18.2 Å². The van der Waals surface area contributed by atoms with Crippen LogP contribution in [0, 0.1) is 11.6 Å². The van der Waals surface area contributed by atoms with Gasteiger partial charge in [0.1, 0.15) is 11.6 Å². The topological polar surface area (TPSA) is 12.0 Å². The van der Waals surface area contributed by atoms with Crippen LogP contribution < -0.4 is 5.32 Å². The van der Waals surface area contributed by atoms with Crippen LogP contribution in [-0.4, -0.2) is 17.5 Å². The SMILES string of the molecule is CCSCC(C)NCc1ccc(F)cc1F. The molecule has 0 aliphatic rings. The van der Waals surface area contributed by atoms with Gasteiger partial charge >= 0.3 is 0 Å². The van der Waals surface area contributed by atoms with E-state index in [1.165, 1.54) is 12.1 Å². The average Bonchev–Trinajstić information content (AvgIpc) is 2.25. The van der Waals surface area contributed by atoms with Crippen LogP contribution in [0.2, 0.25) is 0 Å². The molecular weight excluding hydrogens is 228 g/mol. The van der Waals surface area contributed by atoms with Gasteiger partial charge in [0.05, 0.1) is 0 Å². The molecular formula is C12H17F2NS. The predicted molar refractivity (Wildman–Crippen MR) is 65.7 cm³/mol. The fourth-order valence-electron chi connectivity index (χ4n) is 1.30. The molecule has 90 valence electrons. The van der Waals surface area contributed by atoms with Crippen molar-refractivity contribution in [2.45, 2.75) is 26.4 Å². The second-order valence-electron chi connectivity index (χ2n) is 3.68. The summed E-state index contributed by atoms with van der Waals surface area (Å²) in [4.78, 5) is 0. The lowest BCUT2D eigenvalue weighted by Gasteiger charge is -2.13. The molecule has 0 aliphatic carbocycles. The summed E-state index contributed by atoms with van der Waals surface area (Å²) in [6, 6.07) is 4.01. The molecule has 1 unspecified atom stereocenters. The van der Waals surface area contributed by atoms with Crippen molar-refractivity contribution in [3.8, 4) is 0 Å². The number of thioether (sulfide) groups is 1. The number of rotatable bonds is 6. The third-order valence-electron chi connectivity index (χ3n) is 2.23. The molecule has 0 amide bonds. The molecule has 1 N–H and O–H groups in total. The zero-order valence-corrected chi connectivity index (χ0v) is 10.4. The Balaban J connectivity index is 2.42. The van der Waals surface area contributed by atoms with E-state index in [1.54, 1.807) is 0 Å². The third-order valence-corrected chi connectivity index (χ3v) is 3.37. The number of halogens is 2. The highest BCUT2D eigenvalue weighted by molar-refractivity contribution is 7.99. The summed E-state index contributed by atoms with van der Waals surface area (Å²) in [6.07, 6.45) is 0. The normalized spacial score (nSPS) is 12.8. The summed E-state index contributed by atoms with van der Waals surface area (Å²) in [6.45, 7) is 4.61. The Kier molecular flexibility index (Phi) is 5.77. The first kappa shape index (κ1) is 13.5. The summed E-state index contributed by atoms with van der Waals surface area (Å²) in [5.74, 6) is 1.06. The number of hydrogen-bond acceptors (Lipinski definition) is 2.